The van der Waals surface area contributed by atoms with Gasteiger partial charge in [-0.05, 0) is 12.8 Å². The summed E-state index contributed by atoms with van der Waals surface area (Å²) in [5, 5.41) is 24.4. The van der Waals surface area contributed by atoms with E-state index in [-0.39, 0.29) is 13.2 Å². The van der Waals surface area contributed by atoms with Gasteiger partial charge in [0, 0.05) is 13.2 Å². The van der Waals surface area contributed by atoms with Crippen molar-refractivity contribution < 1.29 is 38.8 Å². The smallest absolute Gasteiger partial charge is 0.350 e. The molecule has 13 nitrogen and oxygen atoms in total. The zero-order chi connectivity index (χ0) is 22.9. The van der Waals surface area contributed by atoms with Crippen LogP contribution in [0.25, 0.3) is 11.2 Å². The summed E-state index contributed by atoms with van der Waals surface area (Å²) in [6, 6.07) is 0.291. The summed E-state index contributed by atoms with van der Waals surface area (Å²) in [4.78, 5) is 31.3. The third-order valence-electron chi connectivity index (χ3n) is 5.59. The molecule has 1 aliphatic heterocycles. The number of aliphatic hydroxyl groups is 2. The summed E-state index contributed by atoms with van der Waals surface area (Å²) < 4.78 is 28.4. The minimum absolute atomic E-state index is 0.177. The Morgan fingerprint density at radius 1 is 1.25 bits per heavy atom. The Kier molecular flexibility index (Phi) is 7.08. The second-order valence-electron chi connectivity index (χ2n) is 8.08. The van der Waals surface area contributed by atoms with Crippen LogP contribution in [0.15, 0.2) is 6.33 Å². The monoisotopic (exact) mass is 473 g/mol. The highest BCUT2D eigenvalue weighted by atomic mass is 31.2. The molecule has 32 heavy (non-hydrogen) atoms. The van der Waals surface area contributed by atoms with Crippen LogP contribution in [0.1, 0.15) is 37.7 Å². The molecule has 2 aliphatic rings. The van der Waals surface area contributed by atoms with Gasteiger partial charge >= 0.3 is 7.60 Å². The SMILES string of the molecule is COCc1nc(NC2CCCC2)c2ncn([C@@H]3O[C@H](COCP(=O)(O)O)[C@@H](O)[C@H]3O)c2n1. The molecule has 14 heteroatoms. The molecule has 2 fully saturated rings. The van der Waals surface area contributed by atoms with Gasteiger partial charge in [-0.25, -0.2) is 15.0 Å². The molecule has 4 atom stereocenters. The summed E-state index contributed by atoms with van der Waals surface area (Å²) in [6.45, 7) is -0.124. The van der Waals surface area contributed by atoms with Crippen LogP contribution < -0.4 is 5.32 Å². The number of nitrogens with zero attached hydrogens (tertiary/aromatic N) is 4. The van der Waals surface area contributed by atoms with Gasteiger partial charge in [0.25, 0.3) is 0 Å². The fourth-order valence-corrected chi connectivity index (χ4v) is 4.43. The molecule has 0 unspecified atom stereocenters. The van der Waals surface area contributed by atoms with Crippen LogP contribution in [0.3, 0.4) is 0 Å². The van der Waals surface area contributed by atoms with Crippen LogP contribution in [0, 0.1) is 0 Å². The van der Waals surface area contributed by atoms with Crippen molar-refractivity contribution in [2.24, 2.45) is 0 Å². The van der Waals surface area contributed by atoms with Crippen molar-refractivity contribution in [1.29, 1.82) is 0 Å². The Hall–Kier alpha value is -1.70. The van der Waals surface area contributed by atoms with E-state index in [0.717, 1.165) is 25.7 Å². The predicted molar refractivity (Wildman–Crippen MR) is 111 cm³/mol. The second kappa shape index (κ2) is 9.65. The van der Waals surface area contributed by atoms with Crippen molar-refractivity contribution >= 4 is 24.6 Å². The molecule has 0 aromatic carbocycles. The molecule has 178 valence electrons. The van der Waals surface area contributed by atoms with Gasteiger partial charge < -0.3 is 39.5 Å². The van der Waals surface area contributed by atoms with E-state index >= 15 is 0 Å². The number of hydrogen-bond donors (Lipinski definition) is 5. The maximum atomic E-state index is 11.0. The summed E-state index contributed by atoms with van der Waals surface area (Å²) >= 11 is 0. The van der Waals surface area contributed by atoms with E-state index in [4.69, 9.17) is 24.0 Å². The lowest BCUT2D eigenvalue weighted by molar-refractivity contribution is -0.0613. The van der Waals surface area contributed by atoms with Crippen molar-refractivity contribution in [3.8, 4) is 0 Å². The second-order valence-corrected chi connectivity index (χ2v) is 9.67. The largest absolute Gasteiger partial charge is 0.387 e. The average molecular weight is 473 g/mol. The Morgan fingerprint density at radius 2 is 2.00 bits per heavy atom. The van der Waals surface area contributed by atoms with Gasteiger partial charge in [-0.1, -0.05) is 12.8 Å². The number of anilines is 1. The highest BCUT2D eigenvalue weighted by Gasteiger charge is 2.44. The summed E-state index contributed by atoms with van der Waals surface area (Å²) in [5.41, 5.74) is 0.906. The number of ether oxygens (including phenoxy) is 3. The number of nitrogens with one attached hydrogen (secondary N) is 1. The van der Waals surface area contributed by atoms with Crippen molar-refractivity contribution in [1.82, 2.24) is 19.5 Å². The zero-order valence-corrected chi connectivity index (χ0v) is 18.5. The standard InChI is InChI=1S/C18H28N5O8P/c1-29-7-12-21-16(20-10-4-2-3-5-10)13-17(22-12)23(8-19-13)18-15(25)14(24)11(31-18)6-30-9-32(26,27)28/h8,10-11,14-15,18,24-25H,2-7,9H2,1H3,(H,20,21,22)(H2,26,27,28)/t11-,14-,15-,18-/m1/s1. The van der Waals surface area contributed by atoms with Crippen LogP contribution in [-0.4, -0.2) is 83.9 Å². The highest BCUT2D eigenvalue weighted by molar-refractivity contribution is 7.51. The minimum atomic E-state index is -4.36. The number of hydrogen-bond acceptors (Lipinski definition) is 10. The third kappa shape index (κ3) is 5.10. The molecule has 1 aliphatic carbocycles. The number of aliphatic hydroxyl groups excluding tert-OH is 2. The molecule has 3 heterocycles. The molecule has 0 spiro atoms. The molecule has 0 bridgehead atoms. The maximum absolute atomic E-state index is 11.0. The Balaban J connectivity index is 1.59. The molecule has 2 aromatic heterocycles. The topological polar surface area (TPSA) is 181 Å². The molecule has 1 saturated heterocycles. The van der Waals surface area contributed by atoms with Gasteiger partial charge in [0.05, 0.1) is 12.9 Å². The van der Waals surface area contributed by atoms with E-state index in [1.165, 1.54) is 18.0 Å². The van der Waals surface area contributed by atoms with E-state index in [1.807, 2.05) is 0 Å². The number of rotatable bonds is 9. The van der Waals surface area contributed by atoms with Gasteiger partial charge in [-0.2, -0.15) is 0 Å². The fourth-order valence-electron chi connectivity index (χ4n) is 4.09. The predicted octanol–water partition coefficient (Wildman–Crippen LogP) is 0.0982. The van der Waals surface area contributed by atoms with E-state index in [2.05, 4.69) is 20.3 Å². The average Bonchev–Trinajstić information content (AvgIpc) is 3.44. The molecule has 1 saturated carbocycles. The molecular weight excluding hydrogens is 445 g/mol. The molecule has 5 N–H and O–H groups in total. The number of methoxy groups -OCH3 is 1. The van der Waals surface area contributed by atoms with Crippen LogP contribution in [0.5, 0.6) is 0 Å². The molecule has 4 rings (SSSR count). The highest BCUT2D eigenvalue weighted by Crippen LogP contribution is 2.36. The maximum Gasteiger partial charge on any atom is 0.350 e. The normalized spacial score (nSPS) is 26.9. The van der Waals surface area contributed by atoms with Crippen LogP contribution in [0.2, 0.25) is 0 Å². The summed E-state index contributed by atoms with van der Waals surface area (Å²) in [5.74, 6) is 0.999. The van der Waals surface area contributed by atoms with Crippen LogP contribution >= 0.6 is 7.60 Å². The molecule has 0 amide bonds. The molecule has 2 aromatic rings. The van der Waals surface area contributed by atoms with Gasteiger partial charge in [-0.3, -0.25) is 9.13 Å². The van der Waals surface area contributed by atoms with Gasteiger partial charge in [0.1, 0.15) is 31.3 Å². The minimum Gasteiger partial charge on any atom is -0.387 e. The van der Waals surface area contributed by atoms with Crippen molar-refractivity contribution in [3.05, 3.63) is 12.2 Å². The van der Waals surface area contributed by atoms with Crippen LogP contribution in [-0.2, 0) is 25.4 Å². The van der Waals surface area contributed by atoms with Gasteiger partial charge in [0.15, 0.2) is 29.0 Å². The first-order valence-electron chi connectivity index (χ1n) is 10.4. The first-order chi connectivity index (χ1) is 15.3. The van der Waals surface area contributed by atoms with Crippen molar-refractivity contribution in [2.75, 3.05) is 25.4 Å². The van der Waals surface area contributed by atoms with Gasteiger partial charge in [0.2, 0.25) is 0 Å². The third-order valence-corrected chi connectivity index (χ3v) is 6.11. The lowest BCUT2D eigenvalue weighted by atomic mass is 10.1. The Labute approximate surface area is 183 Å². The Bertz CT molecular complexity index is 978. The first-order valence-corrected chi connectivity index (χ1v) is 12.2. The van der Waals surface area contributed by atoms with Crippen LogP contribution in [0.4, 0.5) is 5.82 Å². The van der Waals surface area contributed by atoms with E-state index in [0.29, 0.717) is 28.8 Å². The number of fused-ring (bicyclic) bond motifs is 1. The number of imidazole rings is 1. The summed E-state index contributed by atoms with van der Waals surface area (Å²) in [6.07, 6.45) is 0.352. The van der Waals surface area contributed by atoms with E-state index in [1.54, 1.807) is 0 Å². The van der Waals surface area contributed by atoms with Crippen molar-refractivity contribution in [3.63, 3.8) is 0 Å². The lowest BCUT2D eigenvalue weighted by Gasteiger charge is -2.18. The summed E-state index contributed by atoms with van der Waals surface area (Å²) in [7, 11) is -2.82. The molecular formula is C18H28N5O8P. The lowest BCUT2D eigenvalue weighted by Crippen LogP contribution is -2.34. The van der Waals surface area contributed by atoms with E-state index < -0.39 is 38.5 Å². The molecule has 0 radical (unpaired) electrons. The van der Waals surface area contributed by atoms with Gasteiger partial charge in [-0.15, -0.1) is 0 Å². The fraction of sp³-hybridized carbons (Fsp3) is 0.722. The Morgan fingerprint density at radius 3 is 2.69 bits per heavy atom. The zero-order valence-electron chi connectivity index (χ0n) is 17.6. The quantitative estimate of drug-likeness (QED) is 0.310. The van der Waals surface area contributed by atoms with Crippen molar-refractivity contribution in [2.45, 2.75) is 62.9 Å². The van der Waals surface area contributed by atoms with E-state index in [9.17, 15) is 14.8 Å². The number of aromatic nitrogens is 4. The first kappa shape index (κ1) is 23.5.